The first kappa shape index (κ1) is 15.4. The van der Waals surface area contributed by atoms with Gasteiger partial charge in [0.05, 0.1) is 0 Å². The smallest absolute Gasteiger partial charge is 0.323 e. The maximum Gasteiger partial charge on any atom is 0.323 e. The molecule has 0 amide bonds. The fraction of sp³-hybridized carbons (Fsp3) is 0.929. The van der Waals surface area contributed by atoms with Crippen LogP contribution in [0.3, 0.4) is 0 Å². The van der Waals surface area contributed by atoms with Crippen LogP contribution in [0.4, 0.5) is 0 Å². The SMILES string of the molecule is CCCNC(C)(CCN1CCCCC1C)C(=O)O. The van der Waals surface area contributed by atoms with Gasteiger partial charge in [-0.05, 0) is 52.6 Å². The lowest BCUT2D eigenvalue weighted by molar-refractivity contribution is -0.144. The zero-order valence-corrected chi connectivity index (χ0v) is 12.0. The van der Waals surface area contributed by atoms with Gasteiger partial charge in [-0.1, -0.05) is 13.3 Å². The van der Waals surface area contributed by atoms with Gasteiger partial charge in [0.1, 0.15) is 5.54 Å². The van der Waals surface area contributed by atoms with Crippen molar-refractivity contribution in [1.82, 2.24) is 10.2 Å². The summed E-state index contributed by atoms with van der Waals surface area (Å²) in [6, 6.07) is 0.600. The summed E-state index contributed by atoms with van der Waals surface area (Å²) in [5, 5.41) is 12.5. The summed E-state index contributed by atoms with van der Waals surface area (Å²) in [6.45, 7) is 8.86. The van der Waals surface area contributed by atoms with E-state index in [1.165, 1.54) is 19.3 Å². The van der Waals surface area contributed by atoms with Crippen LogP contribution in [0.2, 0.25) is 0 Å². The van der Waals surface area contributed by atoms with Gasteiger partial charge in [0, 0.05) is 12.6 Å². The van der Waals surface area contributed by atoms with Crippen molar-refractivity contribution in [2.45, 2.75) is 64.5 Å². The van der Waals surface area contributed by atoms with Crippen molar-refractivity contribution >= 4 is 5.97 Å². The Morgan fingerprint density at radius 1 is 1.50 bits per heavy atom. The number of likely N-dealkylation sites (tertiary alicyclic amines) is 1. The van der Waals surface area contributed by atoms with E-state index in [9.17, 15) is 9.90 Å². The lowest BCUT2D eigenvalue weighted by Crippen LogP contribution is -2.52. The molecule has 1 aliphatic rings. The molecule has 0 radical (unpaired) electrons. The fourth-order valence-corrected chi connectivity index (χ4v) is 2.53. The van der Waals surface area contributed by atoms with Crippen LogP contribution in [-0.2, 0) is 4.79 Å². The third-order valence-corrected chi connectivity index (χ3v) is 4.08. The number of piperidine rings is 1. The molecule has 106 valence electrons. The predicted molar refractivity (Wildman–Crippen MR) is 73.8 cm³/mol. The average Bonchev–Trinajstić information content (AvgIpc) is 2.35. The van der Waals surface area contributed by atoms with E-state index in [4.69, 9.17) is 0 Å². The second kappa shape index (κ2) is 7.10. The van der Waals surface area contributed by atoms with Crippen molar-refractivity contribution in [3.8, 4) is 0 Å². The Kier molecular flexibility index (Phi) is 6.09. The Labute approximate surface area is 111 Å². The minimum absolute atomic E-state index is 0.600. The lowest BCUT2D eigenvalue weighted by atomic mass is 9.95. The molecule has 0 spiro atoms. The summed E-state index contributed by atoms with van der Waals surface area (Å²) in [5.74, 6) is -0.736. The van der Waals surface area contributed by atoms with Gasteiger partial charge < -0.3 is 15.3 Å². The predicted octanol–water partition coefficient (Wildman–Crippen LogP) is 2.09. The highest BCUT2D eigenvalue weighted by Gasteiger charge is 2.33. The highest BCUT2D eigenvalue weighted by molar-refractivity contribution is 5.78. The molecule has 0 saturated carbocycles. The molecule has 2 N–H and O–H groups in total. The van der Waals surface area contributed by atoms with Gasteiger partial charge in [0.2, 0.25) is 0 Å². The average molecular weight is 256 g/mol. The maximum atomic E-state index is 11.4. The third-order valence-electron chi connectivity index (χ3n) is 4.08. The lowest BCUT2D eigenvalue weighted by Gasteiger charge is -2.36. The Balaban J connectivity index is 2.48. The molecular weight excluding hydrogens is 228 g/mol. The van der Waals surface area contributed by atoms with Crippen molar-refractivity contribution < 1.29 is 9.90 Å². The topological polar surface area (TPSA) is 52.6 Å². The van der Waals surface area contributed by atoms with Gasteiger partial charge in [0.15, 0.2) is 0 Å². The quantitative estimate of drug-likeness (QED) is 0.732. The molecule has 1 heterocycles. The number of hydrogen-bond donors (Lipinski definition) is 2. The van der Waals surface area contributed by atoms with Gasteiger partial charge in [0.25, 0.3) is 0 Å². The first-order chi connectivity index (χ1) is 8.49. The molecule has 1 fully saturated rings. The monoisotopic (exact) mass is 256 g/mol. The first-order valence-corrected chi connectivity index (χ1v) is 7.22. The van der Waals surface area contributed by atoms with Gasteiger partial charge >= 0.3 is 5.97 Å². The maximum absolute atomic E-state index is 11.4. The van der Waals surface area contributed by atoms with Gasteiger partial charge in [-0.3, -0.25) is 4.79 Å². The second-order valence-corrected chi connectivity index (χ2v) is 5.69. The van der Waals surface area contributed by atoms with Crippen LogP contribution in [-0.4, -0.2) is 47.2 Å². The summed E-state index contributed by atoms with van der Waals surface area (Å²) < 4.78 is 0. The first-order valence-electron chi connectivity index (χ1n) is 7.22. The molecule has 0 aromatic rings. The van der Waals surface area contributed by atoms with E-state index in [0.717, 1.165) is 26.1 Å². The van der Waals surface area contributed by atoms with Gasteiger partial charge in [-0.25, -0.2) is 0 Å². The molecule has 0 aromatic heterocycles. The fourth-order valence-electron chi connectivity index (χ4n) is 2.53. The van der Waals surface area contributed by atoms with Gasteiger partial charge in [-0.2, -0.15) is 0 Å². The molecule has 0 bridgehead atoms. The molecule has 1 saturated heterocycles. The van der Waals surface area contributed by atoms with E-state index in [1.54, 1.807) is 6.92 Å². The van der Waals surface area contributed by atoms with Gasteiger partial charge in [-0.15, -0.1) is 0 Å². The molecule has 0 aromatic carbocycles. The van der Waals surface area contributed by atoms with Crippen LogP contribution in [0, 0.1) is 0 Å². The van der Waals surface area contributed by atoms with Crippen LogP contribution < -0.4 is 5.32 Å². The minimum Gasteiger partial charge on any atom is -0.480 e. The van der Waals surface area contributed by atoms with Crippen LogP contribution in [0.15, 0.2) is 0 Å². The third kappa shape index (κ3) is 4.25. The summed E-state index contributed by atoms with van der Waals surface area (Å²) in [6.07, 6.45) is 5.43. The number of carboxylic acid groups (broad SMARTS) is 1. The molecule has 1 aliphatic heterocycles. The highest BCUT2D eigenvalue weighted by atomic mass is 16.4. The Hall–Kier alpha value is -0.610. The number of nitrogens with zero attached hydrogens (tertiary/aromatic N) is 1. The Morgan fingerprint density at radius 2 is 2.22 bits per heavy atom. The summed E-state index contributed by atoms with van der Waals surface area (Å²) in [5.41, 5.74) is -0.785. The normalized spacial score (nSPS) is 24.7. The standard InChI is InChI=1S/C14H28N2O2/c1-4-9-15-14(3,13(17)18)8-11-16-10-6-5-7-12(16)2/h12,15H,4-11H2,1-3H3,(H,17,18). The van der Waals surface area contributed by atoms with Crippen LogP contribution in [0.5, 0.6) is 0 Å². The van der Waals surface area contributed by atoms with E-state index in [1.807, 2.05) is 0 Å². The van der Waals surface area contributed by atoms with Crippen molar-refractivity contribution in [2.24, 2.45) is 0 Å². The van der Waals surface area contributed by atoms with Crippen LogP contribution in [0.1, 0.15) is 52.9 Å². The molecule has 2 unspecified atom stereocenters. The van der Waals surface area contributed by atoms with E-state index in [2.05, 4.69) is 24.1 Å². The zero-order chi connectivity index (χ0) is 13.6. The molecule has 0 aliphatic carbocycles. The minimum atomic E-state index is -0.785. The Morgan fingerprint density at radius 3 is 2.78 bits per heavy atom. The molecule has 4 nitrogen and oxygen atoms in total. The van der Waals surface area contributed by atoms with Crippen LogP contribution >= 0.6 is 0 Å². The van der Waals surface area contributed by atoms with Crippen molar-refractivity contribution in [3.63, 3.8) is 0 Å². The number of carbonyl (C=O) groups is 1. The van der Waals surface area contributed by atoms with E-state index < -0.39 is 11.5 Å². The summed E-state index contributed by atoms with van der Waals surface area (Å²) in [7, 11) is 0. The number of carboxylic acids is 1. The summed E-state index contributed by atoms with van der Waals surface area (Å²) >= 11 is 0. The van der Waals surface area contributed by atoms with E-state index >= 15 is 0 Å². The molecule has 1 rings (SSSR count). The number of hydrogen-bond acceptors (Lipinski definition) is 3. The second-order valence-electron chi connectivity index (χ2n) is 5.69. The highest BCUT2D eigenvalue weighted by Crippen LogP contribution is 2.19. The molecular formula is C14H28N2O2. The molecule has 4 heteroatoms. The largest absolute Gasteiger partial charge is 0.480 e. The van der Waals surface area contributed by atoms with Crippen molar-refractivity contribution in [3.05, 3.63) is 0 Å². The van der Waals surface area contributed by atoms with E-state index in [-0.39, 0.29) is 0 Å². The zero-order valence-electron chi connectivity index (χ0n) is 12.0. The van der Waals surface area contributed by atoms with Crippen LogP contribution in [0.25, 0.3) is 0 Å². The van der Waals surface area contributed by atoms with Crippen molar-refractivity contribution in [2.75, 3.05) is 19.6 Å². The molecule has 2 atom stereocenters. The Bertz CT molecular complexity index is 271. The summed E-state index contributed by atoms with van der Waals surface area (Å²) in [4.78, 5) is 13.8. The number of rotatable bonds is 7. The number of nitrogens with one attached hydrogen (secondary N) is 1. The van der Waals surface area contributed by atoms with E-state index in [0.29, 0.717) is 12.5 Å². The molecule has 18 heavy (non-hydrogen) atoms. The van der Waals surface area contributed by atoms with Crippen molar-refractivity contribution in [1.29, 1.82) is 0 Å². The number of aliphatic carboxylic acids is 1.